The highest BCUT2D eigenvalue weighted by Gasteiger charge is 2.42. The molecule has 0 saturated carbocycles. The van der Waals surface area contributed by atoms with Crippen molar-refractivity contribution in [1.29, 1.82) is 0 Å². The second-order valence-corrected chi connectivity index (χ2v) is 7.25. The Kier molecular flexibility index (Phi) is 5.59. The number of rotatable bonds is 5. The van der Waals surface area contributed by atoms with Gasteiger partial charge in [-0.1, -0.05) is 68.5 Å². The van der Waals surface area contributed by atoms with Gasteiger partial charge in [0.25, 0.3) is 5.91 Å². The number of aryl methyl sites for hydroxylation is 1. The molecular formula is C17H19NO3S2. The van der Waals surface area contributed by atoms with E-state index in [1.165, 1.54) is 4.90 Å². The molecule has 1 N–H and O–H groups in total. The van der Waals surface area contributed by atoms with E-state index in [4.69, 9.17) is 12.2 Å². The van der Waals surface area contributed by atoms with E-state index >= 15 is 0 Å². The molecule has 23 heavy (non-hydrogen) atoms. The number of carbonyl (C=O) groups is 2. The van der Waals surface area contributed by atoms with Crippen LogP contribution in [0.25, 0.3) is 6.08 Å². The van der Waals surface area contributed by atoms with Gasteiger partial charge in [0, 0.05) is 0 Å². The Labute approximate surface area is 145 Å². The van der Waals surface area contributed by atoms with Crippen molar-refractivity contribution in [2.45, 2.75) is 33.2 Å². The predicted octanol–water partition coefficient (Wildman–Crippen LogP) is 3.70. The molecule has 0 unspecified atom stereocenters. The number of carboxylic acids is 1. The maximum Gasteiger partial charge on any atom is 0.327 e. The number of aliphatic carboxylic acids is 1. The molecule has 1 heterocycles. The van der Waals surface area contributed by atoms with Gasteiger partial charge in [-0.15, -0.1) is 0 Å². The van der Waals surface area contributed by atoms with Gasteiger partial charge < -0.3 is 5.11 Å². The number of hydrogen-bond acceptors (Lipinski definition) is 4. The third kappa shape index (κ3) is 3.64. The second-order valence-electron chi connectivity index (χ2n) is 5.58. The highest BCUT2D eigenvalue weighted by molar-refractivity contribution is 8.26. The third-order valence-corrected chi connectivity index (χ3v) is 5.34. The van der Waals surface area contributed by atoms with Gasteiger partial charge in [0.05, 0.1) is 4.91 Å². The van der Waals surface area contributed by atoms with Gasteiger partial charge in [-0.3, -0.25) is 9.69 Å². The molecule has 2 atom stereocenters. The van der Waals surface area contributed by atoms with Gasteiger partial charge in [0.2, 0.25) is 0 Å². The number of hydrogen-bond donors (Lipinski definition) is 1. The van der Waals surface area contributed by atoms with E-state index in [2.05, 4.69) is 0 Å². The monoisotopic (exact) mass is 349 g/mol. The van der Waals surface area contributed by atoms with Crippen molar-refractivity contribution in [3.8, 4) is 0 Å². The molecule has 0 radical (unpaired) electrons. The number of carboxylic acid groups (broad SMARTS) is 1. The Morgan fingerprint density at radius 3 is 2.65 bits per heavy atom. The molecule has 1 aromatic carbocycles. The first-order valence-corrected chi connectivity index (χ1v) is 8.64. The van der Waals surface area contributed by atoms with Crippen LogP contribution >= 0.6 is 24.0 Å². The standard InChI is InChI=1S/C17H19NO3S2/c1-4-10(2)14(16(20)21)18-15(19)13(23-17(18)22)9-12-8-6-5-7-11(12)3/h5-10,14H,4H2,1-3H3,(H,20,21)/b13-9-/t10-,14-/m1/s1. The van der Waals surface area contributed by atoms with Crippen molar-refractivity contribution < 1.29 is 14.7 Å². The molecule has 1 amide bonds. The molecule has 1 aromatic rings. The molecule has 0 aliphatic carbocycles. The van der Waals surface area contributed by atoms with Gasteiger partial charge in [-0.05, 0) is 30.0 Å². The largest absolute Gasteiger partial charge is 0.480 e. The molecule has 6 heteroatoms. The number of amides is 1. The molecule has 1 aliphatic rings. The fourth-order valence-electron chi connectivity index (χ4n) is 2.44. The van der Waals surface area contributed by atoms with Gasteiger partial charge in [-0.2, -0.15) is 0 Å². The summed E-state index contributed by atoms with van der Waals surface area (Å²) in [5.41, 5.74) is 1.98. The van der Waals surface area contributed by atoms with Crippen molar-refractivity contribution in [3.63, 3.8) is 0 Å². The van der Waals surface area contributed by atoms with Crippen LogP contribution in [0.1, 0.15) is 31.4 Å². The smallest absolute Gasteiger partial charge is 0.327 e. The maximum atomic E-state index is 12.7. The normalized spacial score (nSPS) is 19.3. The molecule has 1 fully saturated rings. The first kappa shape index (κ1) is 17.7. The SMILES string of the molecule is CC[C@@H](C)[C@H](C(=O)O)N1C(=O)/C(=C/c2ccccc2C)SC1=S. The van der Waals surface area contributed by atoms with E-state index in [0.29, 0.717) is 15.6 Å². The maximum absolute atomic E-state index is 12.7. The van der Waals surface area contributed by atoms with E-state index in [-0.39, 0.29) is 11.8 Å². The summed E-state index contributed by atoms with van der Waals surface area (Å²) in [5.74, 6) is -1.52. The van der Waals surface area contributed by atoms with Crippen LogP contribution < -0.4 is 0 Å². The molecule has 1 aliphatic heterocycles. The zero-order valence-corrected chi connectivity index (χ0v) is 14.9. The summed E-state index contributed by atoms with van der Waals surface area (Å²) in [7, 11) is 0. The summed E-state index contributed by atoms with van der Waals surface area (Å²) in [6.07, 6.45) is 2.44. The average Bonchev–Trinajstić information content (AvgIpc) is 2.77. The van der Waals surface area contributed by atoms with Crippen LogP contribution in [0.5, 0.6) is 0 Å². The number of thiocarbonyl (C=S) groups is 1. The number of thioether (sulfide) groups is 1. The number of benzene rings is 1. The van der Waals surface area contributed by atoms with Crippen LogP contribution in [0.15, 0.2) is 29.2 Å². The van der Waals surface area contributed by atoms with E-state index in [9.17, 15) is 14.7 Å². The summed E-state index contributed by atoms with van der Waals surface area (Å²) < 4.78 is 0.308. The minimum atomic E-state index is -1.02. The first-order valence-electron chi connectivity index (χ1n) is 7.42. The Morgan fingerprint density at radius 2 is 2.09 bits per heavy atom. The Morgan fingerprint density at radius 1 is 1.43 bits per heavy atom. The van der Waals surface area contributed by atoms with E-state index in [1.54, 1.807) is 6.08 Å². The lowest BCUT2D eigenvalue weighted by Crippen LogP contribution is -2.47. The van der Waals surface area contributed by atoms with E-state index in [1.807, 2.05) is 45.0 Å². The van der Waals surface area contributed by atoms with E-state index < -0.39 is 12.0 Å². The summed E-state index contributed by atoms with van der Waals surface area (Å²) in [5, 5.41) is 9.51. The molecule has 0 bridgehead atoms. The minimum Gasteiger partial charge on any atom is -0.480 e. The molecule has 122 valence electrons. The second kappa shape index (κ2) is 7.27. The Hall–Kier alpha value is -1.66. The lowest BCUT2D eigenvalue weighted by atomic mass is 9.98. The average molecular weight is 349 g/mol. The van der Waals surface area contributed by atoms with Crippen molar-refractivity contribution in [2.75, 3.05) is 0 Å². The molecule has 0 spiro atoms. The fraction of sp³-hybridized carbons (Fsp3) is 0.353. The highest BCUT2D eigenvalue weighted by atomic mass is 32.2. The molecule has 1 saturated heterocycles. The first-order chi connectivity index (χ1) is 10.9. The van der Waals surface area contributed by atoms with Crippen molar-refractivity contribution >= 4 is 46.3 Å². The Balaban J connectivity index is 2.36. The minimum absolute atomic E-state index is 0.173. The van der Waals surface area contributed by atoms with Crippen LogP contribution in [-0.4, -0.2) is 32.2 Å². The van der Waals surface area contributed by atoms with Crippen LogP contribution in [0.2, 0.25) is 0 Å². The van der Waals surface area contributed by atoms with Gasteiger partial charge in [-0.25, -0.2) is 4.79 Å². The third-order valence-electron chi connectivity index (χ3n) is 4.01. The van der Waals surface area contributed by atoms with Gasteiger partial charge in [0.1, 0.15) is 10.4 Å². The summed E-state index contributed by atoms with van der Waals surface area (Å²) in [6.45, 7) is 5.69. The zero-order valence-electron chi connectivity index (χ0n) is 13.3. The zero-order chi connectivity index (χ0) is 17.1. The highest BCUT2D eigenvalue weighted by Crippen LogP contribution is 2.36. The van der Waals surface area contributed by atoms with Crippen molar-refractivity contribution in [1.82, 2.24) is 4.90 Å². The quantitative estimate of drug-likeness (QED) is 0.649. The van der Waals surface area contributed by atoms with Crippen LogP contribution in [-0.2, 0) is 9.59 Å². The predicted molar refractivity (Wildman–Crippen MR) is 97.1 cm³/mol. The molecular weight excluding hydrogens is 330 g/mol. The summed E-state index contributed by atoms with van der Waals surface area (Å²) >= 11 is 6.43. The molecule has 0 aromatic heterocycles. The lowest BCUT2D eigenvalue weighted by Gasteiger charge is -2.27. The number of carbonyl (C=O) groups excluding carboxylic acids is 1. The topological polar surface area (TPSA) is 57.6 Å². The van der Waals surface area contributed by atoms with Gasteiger partial charge in [0.15, 0.2) is 0 Å². The van der Waals surface area contributed by atoms with Crippen molar-refractivity contribution in [2.24, 2.45) is 5.92 Å². The fourth-order valence-corrected chi connectivity index (χ4v) is 3.76. The lowest BCUT2D eigenvalue weighted by molar-refractivity contribution is -0.147. The van der Waals surface area contributed by atoms with Crippen LogP contribution in [0.4, 0.5) is 0 Å². The Bertz CT molecular complexity index is 684. The number of nitrogens with zero attached hydrogens (tertiary/aromatic N) is 1. The van der Waals surface area contributed by atoms with Crippen LogP contribution in [0, 0.1) is 12.8 Å². The summed E-state index contributed by atoms with van der Waals surface area (Å²) in [4.78, 5) is 26.0. The van der Waals surface area contributed by atoms with E-state index in [0.717, 1.165) is 22.9 Å². The molecule has 4 nitrogen and oxygen atoms in total. The molecule has 2 rings (SSSR count). The van der Waals surface area contributed by atoms with Crippen LogP contribution in [0.3, 0.4) is 0 Å². The van der Waals surface area contributed by atoms with Gasteiger partial charge >= 0.3 is 5.97 Å². The van der Waals surface area contributed by atoms with Crippen molar-refractivity contribution in [3.05, 3.63) is 40.3 Å². The summed E-state index contributed by atoms with van der Waals surface area (Å²) in [6, 6.07) is 6.80.